The molecule has 0 N–H and O–H groups in total. The minimum atomic E-state index is -3.59. The van der Waals surface area contributed by atoms with E-state index >= 15 is 0 Å². The molecule has 0 aliphatic carbocycles. The van der Waals surface area contributed by atoms with E-state index in [1.54, 1.807) is 13.0 Å². The van der Waals surface area contributed by atoms with Crippen LogP contribution < -0.4 is 0 Å². The van der Waals surface area contributed by atoms with Gasteiger partial charge in [0.25, 0.3) is 0 Å². The number of carbonyl (C=O) groups excluding carboxylic acids is 1. The Morgan fingerprint density at radius 3 is 2.81 bits per heavy atom. The number of rotatable bonds is 4. The maximum Gasteiger partial charge on any atom is 0.310 e. The summed E-state index contributed by atoms with van der Waals surface area (Å²) in [4.78, 5) is 12.1. The Morgan fingerprint density at radius 1 is 1.52 bits per heavy atom. The lowest BCUT2D eigenvalue weighted by Gasteiger charge is -2.30. The molecule has 2 rings (SSSR count). The summed E-state index contributed by atoms with van der Waals surface area (Å²) in [6, 6.07) is 1.58. The summed E-state index contributed by atoms with van der Waals surface area (Å²) >= 11 is 7.88. The van der Waals surface area contributed by atoms with Crippen LogP contribution in [0.4, 0.5) is 0 Å². The zero-order chi connectivity index (χ0) is 15.6. The zero-order valence-electron chi connectivity index (χ0n) is 11.3. The average molecular weight is 461 g/mol. The lowest BCUT2D eigenvalue weighted by Crippen LogP contribution is -2.42. The van der Waals surface area contributed by atoms with Gasteiger partial charge in [-0.1, -0.05) is 0 Å². The number of hydrogen-bond acceptors (Lipinski definition) is 5. The first-order valence-electron chi connectivity index (χ1n) is 6.48. The van der Waals surface area contributed by atoms with Crippen molar-refractivity contribution in [1.29, 1.82) is 0 Å². The summed E-state index contributed by atoms with van der Waals surface area (Å²) in [5, 5.41) is 0. The number of ether oxygens (including phenoxy) is 1. The Balaban J connectivity index is 2.20. The highest BCUT2D eigenvalue weighted by Gasteiger charge is 2.35. The predicted molar refractivity (Wildman–Crippen MR) is 87.8 cm³/mol. The molecule has 0 unspecified atom stereocenters. The average Bonchev–Trinajstić information content (AvgIpc) is 2.79. The molecule has 118 valence electrons. The molecule has 9 heteroatoms. The van der Waals surface area contributed by atoms with Crippen LogP contribution in [-0.2, 0) is 19.6 Å². The van der Waals surface area contributed by atoms with Crippen LogP contribution in [-0.4, -0.2) is 38.4 Å². The van der Waals surface area contributed by atoms with E-state index in [9.17, 15) is 13.2 Å². The van der Waals surface area contributed by atoms with Gasteiger partial charge in [-0.2, -0.15) is 4.31 Å². The quantitative estimate of drug-likeness (QED) is 0.647. The van der Waals surface area contributed by atoms with Crippen molar-refractivity contribution in [1.82, 2.24) is 4.31 Å². The molecule has 0 bridgehead atoms. The van der Waals surface area contributed by atoms with Crippen molar-refractivity contribution in [3.63, 3.8) is 0 Å². The molecule has 1 saturated heterocycles. The molecule has 5 nitrogen and oxygen atoms in total. The van der Waals surface area contributed by atoms with Crippen LogP contribution in [0.2, 0.25) is 0 Å². The molecule has 0 saturated carbocycles. The van der Waals surface area contributed by atoms with Crippen molar-refractivity contribution in [2.75, 3.05) is 19.7 Å². The molecule has 1 aliphatic heterocycles. The molecule has 0 amide bonds. The minimum absolute atomic E-state index is 0.182. The molecule has 2 heterocycles. The van der Waals surface area contributed by atoms with Crippen LogP contribution >= 0.6 is 43.2 Å². The molecular weight excluding hydrogens is 446 g/mol. The highest BCUT2D eigenvalue weighted by molar-refractivity contribution is 9.12. The van der Waals surface area contributed by atoms with Crippen molar-refractivity contribution in [2.45, 2.75) is 24.7 Å². The summed E-state index contributed by atoms with van der Waals surface area (Å²) in [7, 11) is -3.59. The smallest absolute Gasteiger partial charge is 0.310 e. The summed E-state index contributed by atoms with van der Waals surface area (Å²) in [5.41, 5.74) is 0. The van der Waals surface area contributed by atoms with E-state index in [0.29, 0.717) is 29.8 Å². The van der Waals surface area contributed by atoms with Crippen molar-refractivity contribution < 1.29 is 17.9 Å². The van der Waals surface area contributed by atoms with Gasteiger partial charge in [0.2, 0.25) is 10.0 Å². The number of piperidine rings is 1. The van der Waals surface area contributed by atoms with E-state index in [1.807, 2.05) is 0 Å². The maximum atomic E-state index is 12.7. The van der Waals surface area contributed by atoms with E-state index in [2.05, 4.69) is 31.9 Å². The molecule has 1 aliphatic rings. The van der Waals surface area contributed by atoms with Gasteiger partial charge in [0.05, 0.1) is 20.1 Å². The van der Waals surface area contributed by atoms with Crippen LogP contribution in [0.25, 0.3) is 0 Å². The van der Waals surface area contributed by atoms with E-state index in [-0.39, 0.29) is 23.3 Å². The summed E-state index contributed by atoms with van der Waals surface area (Å²) < 4.78 is 33.0. The van der Waals surface area contributed by atoms with Gasteiger partial charge in [0.1, 0.15) is 4.90 Å². The molecule has 0 aromatic carbocycles. The Labute approximate surface area is 145 Å². The molecular formula is C12H15Br2NO4S2. The molecule has 1 aromatic heterocycles. The van der Waals surface area contributed by atoms with Crippen molar-refractivity contribution >= 4 is 59.2 Å². The van der Waals surface area contributed by atoms with Gasteiger partial charge in [-0.25, -0.2) is 8.42 Å². The van der Waals surface area contributed by atoms with Crippen LogP contribution in [0.5, 0.6) is 0 Å². The first-order valence-corrected chi connectivity index (χ1v) is 10.3. The third-order valence-electron chi connectivity index (χ3n) is 3.25. The first kappa shape index (κ1) is 17.4. The number of halogens is 2. The second-order valence-electron chi connectivity index (χ2n) is 4.64. The maximum absolute atomic E-state index is 12.7. The monoisotopic (exact) mass is 459 g/mol. The summed E-state index contributed by atoms with van der Waals surface area (Å²) in [5.74, 6) is -0.697. The number of esters is 1. The largest absolute Gasteiger partial charge is 0.466 e. The third kappa shape index (κ3) is 3.87. The van der Waals surface area contributed by atoms with Crippen LogP contribution in [0.1, 0.15) is 19.8 Å². The van der Waals surface area contributed by atoms with E-state index in [1.165, 1.54) is 15.6 Å². The molecule has 1 atom stereocenters. The Morgan fingerprint density at radius 2 is 2.24 bits per heavy atom. The van der Waals surface area contributed by atoms with E-state index < -0.39 is 10.0 Å². The lowest BCUT2D eigenvalue weighted by atomic mass is 10.0. The number of thiophene rings is 1. The van der Waals surface area contributed by atoms with Gasteiger partial charge >= 0.3 is 5.97 Å². The fraction of sp³-hybridized carbons (Fsp3) is 0.583. The van der Waals surface area contributed by atoms with Crippen molar-refractivity contribution in [3.05, 3.63) is 13.6 Å². The van der Waals surface area contributed by atoms with Crippen LogP contribution in [0, 0.1) is 5.92 Å². The molecule has 0 spiro atoms. The summed E-state index contributed by atoms with van der Waals surface area (Å²) in [6.45, 7) is 2.67. The lowest BCUT2D eigenvalue weighted by molar-refractivity contribution is -0.149. The number of hydrogen-bond donors (Lipinski definition) is 0. The third-order valence-corrected chi connectivity index (χ3v) is 7.87. The van der Waals surface area contributed by atoms with Gasteiger partial charge in [-0.05, 0) is 57.7 Å². The summed E-state index contributed by atoms with van der Waals surface area (Å²) in [6.07, 6.45) is 1.32. The molecule has 21 heavy (non-hydrogen) atoms. The normalized spacial score (nSPS) is 20.4. The van der Waals surface area contributed by atoms with Crippen molar-refractivity contribution in [3.8, 4) is 0 Å². The van der Waals surface area contributed by atoms with Gasteiger partial charge in [-0.15, -0.1) is 11.3 Å². The highest BCUT2D eigenvalue weighted by atomic mass is 79.9. The fourth-order valence-electron chi connectivity index (χ4n) is 2.25. The Bertz CT molecular complexity index is 629. The van der Waals surface area contributed by atoms with Gasteiger partial charge < -0.3 is 4.74 Å². The highest BCUT2D eigenvalue weighted by Crippen LogP contribution is 2.37. The van der Waals surface area contributed by atoms with Gasteiger partial charge in [0.15, 0.2) is 0 Å². The SMILES string of the molecule is CCOC(=O)[C@@H]1CCCN(S(=O)(=O)c2cc(Br)sc2Br)C1. The second-order valence-corrected chi connectivity index (χ2v) is 10.3. The van der Waals surface area contributed by atoms with Gasteiger partial charge in [0, 0.05) is 13.1 Å². The predicted octanol–water partition coefficient (Wildman–Crippen LogP) is 3.24. The number of carbonyl (C=O) groups is 1. The second kappa shape index (κ2) is 7.08. The van der Waals surface area contributed by atoms with E-state index in [0.717, 1.165) is 3.79 Å². The zero-order valence-corrected chi connectivity index (χ0v) is 16.1. The molecule has 1 aromatic rings. The Hall–Kier alpha value is 0.0400. The number of nitrogens with zero attached hydrogens (tertiary/aromatic N) is 1. The van der Waals surface area contributed by atoms with E-state index in [4.69, 9.17) is 4.74 Å². The number of sulfonamides is 1. The standard InChI is InChI=1S/C12H15Br2NO4S2/c1-2-19-12(16)8-4-3-5-15(7-8)21(17,18)9-6-10(13)20-11(9)14/h6,8H,2-5,7H2,1H3/t8-/m1/s1. The molecule has 1 fully saturated rings. The fourth-order valence-corrected chi connectivity index (χ4v) is 7.54. The van der Waals surface area contributed by atoms with Crippen LogP contribution in [0.15, 0.2) is 18.5 Å². The van der Waals surface area contributed by atoms with Crippen molar-refractivity contribution in [2.24, 2.45) is 5.92 Å². The topological polar surface area (TPSA) is 63.7 Å². The first-order chi connectivity index (χ1) is 9.86. The van der Waals surface area contributed by atoms with Gasteiger partial charge in [-0.3, -0.25) is 4.79 Å². The van der Waals surface area contributed by atoms with Crippen LogP contribution in [0.3, 0.4) is 0 Å². The minimum Gasteiger partial charge on any atom is -0.466 e. The molecule has 0 radical (unpaired) electrons. The Kier molecular flexibility index (Phi) is 5.86.